The zero-order chi connectivity index (χ0) is 15.2. The zero-order valence-electron chi connectivity index (χ0n) is 14.4. The van der Waals surface area contributed by atoms with E-state index in [9.17, 15) is 0 Å². The molecule has 1 heterocycles. The largest absolute Gasteiger partial charge is 0.205 e. The third-order valence-corrected chi connectivity index (χ3v) is 4.26. The molecule has 0 N–H and O–H groups in total. The first-order valence-corrected chi connectivity index (χ1v) is 9.34. The Balaban J connectivity index is 2.16. The highest BCUT2D eigenvalue weighted by Gasteiger charge is 2.03. The van der Waals surface area contributed by atoms with Gasteiger partial charge in [-0.25, -0.2) is 4.57 Å². The van der Waals surface area contributed by atoms with Gasteiger partial charge < -0.3 is 0 Å². The quantitative estimate of drug-likeness (QED) is 0.317. The van der Waals surface area contributed by atoms with Crippen LogP contribution in [0.4, 0.5) is 0 Å². The van der Waals surface area contributed by atoms with Crippen molar-refractivity contribution >= 4 is 0 Å². The second-order valence-electron chi connectivity index (χ2n) is 6.38. The van der Waals surface area contributed by atoms with Crippen molar-refractivity contribution in [3.63, 3.8) is 0 Å². The molecule has 0 unspecified atom stereocenters. The van der Waals surface area contributed by atoms with Crippen LogP contribution in [0.3, 0.4) is 0 Å². The van der Waals surface area contributed by atoms with Crippen molar-refractivity contribution in [3.05, 3.63) is 30.1 Å². The molecule has 1 nitrogen and oxygen atoms in total. The van der Waals surface area contributed by atoms with Crippen molar-refractivity contribution < 1.29 is 4.57 Å². The van der Waals surface area contributed by atoms with Crippen LogP contribution < -0.4 is 4.57 Å². The van der Waals surface area contributed by atoms with Crippen molar-refractivity contribution in [2.75, 3.05) is 0 Å². The van der Waals surface area contributed by atoms with Gasteiger partial charge in [-0.2, -0.15) is 0 Å². The Bertz CT molecular complexity index is 345. The predicted octanol–water partition coefficient (Wildman–Crippen LogP) is 5.85. The van der Waals surface area contributed by atoms with E-state index in [1.165, 1.54) is 89.2 Å². The Morgan fingerprint density at radius 1 is 0.762 bits per heavy atom. The molecule has 1 rings (SSSR count). The topological polar surface area (TPSA) is 3.88 Å². The minimum Gasteiger partial charge on any atom is -0.205 e. The van der Waals surface area contributed by atoms with E-state index in [4.69, 9.17) is 0 Å². The van der Waals surface area contributed by atoms with Gasteiger partial charge in [-0.05, 0) is 25.3 Å². The first-order chi connectivity index (χ1) is 10.4. The molecule has 0 saturated carbocycles. The Hall–Kier alpha value is -0.850. The minimum absolute atomic E-state index is 1.19. The van der Waals surface area contributed by atoms with E-state index in [1.54, 1.807) is 0 Å². The molecule has 0 saturated heterocycles. The molecule has 0 aliphatic rings. The Labute approximate surface area is 132 Å². The summed E-state index contributed by atoms with van der Waals surface area (Å²) in [4.78, 5) is 0. The summed E-state index contributed by atoms with van der Waals surface area (Å²) >= 11 is 0. The lowest BCUT2D eigenvalue weighted by atomic mass is 10.1. The Morgan fingerprint density at radius 3 is 2.10 bits per heavy atom. The van der Waals surface area contributed by atoms with Crippen molar-refractivity contribution in [1.82, 2.24) is 0 Å². The number of aromatic nitrogens is 1. The molecule has 0 bridgehead atoms. The summed E-state index contributed by atoms with van der Waals surface area (Å²) in [5.41, 5.74) is 1.51. The highest BCUT2D eigenvalue weighted by Crippen LogP contribution is 2.08. The molecule has 21 heavy (non-hydrogen) atoms. The lowest BCUT2D eigenvalue weighted by Gasteiger charge is -2.02. The second kappa shape index (κ2) is 12.9. The monoisotopic (exact) mass is 290 g/mol. The van der Waals surface area contributed by atoms with Gasteiger partial charge in [0.2, 0.25) is 0 Å². The first kappa shape index (κ1) is 18.2. The van der Waals surface area contributed by atoms with E-state index in [1.807, 2.05) is 0 Å². The van der Waals surface area contributed by atoms with E-state index in [2.05, 4.69) is 42.9 Å². The highest BCUT2D eigenvalue weighted by atomic mass is 14.9. The molecule has 0 aromatic carbocycles. The Morgan fingerprint density at radius 2 is 1.38 bits per heavy atom. The van der Waals surface area contributed by atoms with Gasteiger partial charge in [0.1, 0.15) is 6.54 Å². The predicted molar refractivity (Wildman–Crippen MR) is 92.5 cm³/mol. The summed E-state index contributed by atoms with van der Waals surface area (Å²) in [7, 11) is 0. The van der Waals surface area contributed by atoms with Gasteiger partial charge in [-0.15, -0.1) is 0 Å². The van der Waals surface area contributed by atoms with Gasteiger partial charge >= 0.3 is 0 Å². The fraction of sp³-hybridized carbons (Fsp3) is 0.750. The third kappa shape index (κ3) is 9.66. The van der Waals surface area contributed by atoms with Crippen molar-refractivity contribution in [3.8, 4) is 0 Å². The van der Waals surface area contributed by atoms with Crippen LogP contribution in [-0.2, 0) is 13.0 Å². The van der Waals surface area contributed by atoms with Crippen LogP contribution in [0.15, 0.2) is 24.5 Å². The zero-order valence-corrected chi connectivity index (χ0v) is 14.4. The van der Waals surface area contributed by atoms with Gasteiger partial charge in [0, 0.05) is 18.1 Å². The molecule has 0 radical (unpaired) electrons. The van der Waals surface area contributed by atoms with Crippen LogP contribution in [0.25, 0.3) is 0 Å². The number of unbranched alkanes of at least 4 members (excludes halogenated alkanes) is 9. The number of hydrogen-bond acceptors (Lipinski definition) is 0. The van der Waals surface area contributed by atoms with Crippen molar-refractivity contribution in [1.29, 1.82) is 0 Å². The lowest BCUT2D eigenvalue weighted by Crippen LogP contribution is -2.33. The van der Waals surface area contributed by atoms with Crippen molar-refractivity contribution in [2.24, 2.45) is 0 Å². The van der Waals surface area contributed by atoms with Gasteiger partial charge in [-0.3, -0.25) is 0 Å². The molecule has 120 valence electrons. The molecule has 0 spiro atoms. The third-order valence-electron chi connectivity index (χ3n) is 4.26. The van der Waals surface area contributed by atoms with E-state index in [0.29, 0.717) is 0 Å². The average molecular weight is 291 g/mol. The standard InChI is InChI=1S/C20H36N/c1-3-5-7-9-11-13-17-21-18-14-16-20(19-21)15-12-10-8-6-4-2/h14,16,18-19H,3-13,15,17H2,1-2H3/q+1. The molecule has 0 aliphatic heterocycles. The van der Waals surface area contributed by atoms with Gasteiger partial charge in [0.05, 0.1) is 0 Å². The number of rotatable bonds is 13. The fourth-order valence-electron chi connectivity index (χ4n) is 2.87. The molecule has 0 aliphatic carbocycles. The van der Waals surface area contributed by atoms with Gasteiger partial charge in [-0.1, -0.05) is 65.2 Å². The fourth-order valence-corrected chi connectivity index (χ4v) is 2.87. The first-order valence-electron chi connectivity index (χ1n) is 9.34. The van der Waals surface area contributed by atoms with Crippen LogP contribution >= 0.6 is 0 Å². The number of hydrogen-bond donors (Lipinski definition) is 0. The van der Waals surface area contributed by atoms with E-state index < -0.39 is 0 Å². The molecule has 1 aromatic rings. The number of aryl methyl sites for hydroxylation is 2. The van der Waals surface area contributed by atoms with Crippen LogP contribution in [0.2, 0.25) is 0 Å². The normalized spacial score (nSPS) is 11.0. The maximum Gasteiger partial charge on any atom is 0.171 e. The maximum absolute atomic E-state index is 2.39. The lowest BCUT2D eigenvalue weighted by molar-refractivity contribution is -0.697. The Kier molecular flexibility index (Phi) is 11.1. The molecule has 1 aromatic heterocycles. The summed E-state index contributed by atoms with van der Waals surface area (Å²) in [5.74, 6) is 0. The van der Waals surface area contributed by atoms with Gasteiger partial charge in [0.15, 0.2) is 12.4 Å². The summed E-state index contributed by atoms with van der Waals surface area (Å²) < 4.78 is 2.39. The van der Waals surface area contributed by atoms with Crippen molar-refractivity contribution in [2.45, 2.75) is 97.4 Å². The molecular formula is C20H36N+. The SMILES string of the molecule is CCCCCCCC[n+]1cccc(CCCCCCC)c1. The van der Waals surface area contributed by atoms with E-state index in [-0.39, 0.29) is 0 Å². The highest BCUT2D eigenvalue weighted by molar-refractivity contribution is 5.05. The molecular weight excluding hydrogens is 254 g/mol. The summed E-state index contributed by atoms with van der Waals surface area (Å²) in [6.45, 7) is 5.75. The van der Waals surface area contributed by atoms with E-state index in [0.717, 1.165) is 0 Å². The van der Waals surface area contributed by atoms with Crippen LogP contribution in [-0.4, -0.2) is 0 Å². The van der Waals surface area contributed by atoms with Crippen LogP contribution in [0.5, 0.6) is 0 Å². The molecule has 0 amide bonds. The van der Waals surface area contributed by atoms with E-state index >= 15 is 0 Å². The second-order valence-corrected chi connectivity index (χ2v) is 6.38. The minimum atomic E-state index is 1.19. The summed E-state index contributed by atoms with van der Waals surface area (Å²) in [6, 6.07) is 4.51. The molecule has 0 fully saturated rings. The maximum atomic E-state index is 2.39. The number of nitrogens with zero attached hydrogens (tertiary/aromatic N) is 1. The summed E-state index contributed by atoms with van der Waals surface area (Å²) in [6.07, 6.45) is 21.0. The molecule has 0 atom stereocenters. The smallest absolute Gasteiger partial charge is 0.171 e. The number of pyridine rings is 1. The van der Waals surface area contributed by atoms with Crippen LogP contribution in [0, 0.1) is 0 Å². The summed E-state index contributed by atoms with van der Waals surface area (Å²) in [5, 5.41) is 0. The molecule has 1 heteroatoms. The van der Waals surface area contributed by atoms with Gasteiger partial charge in [0.25, 0.3) is 0 Å². The van der Waals surface area contributed by atoms with Crippen LogP contribution in [0.1, 0.15) is 90.0 Å². The average Bonchev–Trinajstić information content (AvgIpc) is 2.51.